The molecule has 1 saturated carbocycles. The van der Waals surface area contributed by atoms with Gasteiger partial charge in [0.05, 0.1) is 5.57 Å². The van der Waals surface area contributed by atoms with Gasteiger partial charge < -0.3 is 5.11 Å². The summed E-state index contributed by atoms with van der Waals surface area (Å²) in [5.74, 6) is -1.84. The van der Waals surface area contributed by atoms with Gasteiger partial charge in [-0.05, 0) is 18.8 Å². The highest BCUT2D eigenvalue weighted by atomic mass is 19.1. The third-order valence-corrected chi connectivity index (χ3v) is 3.51. The SMILES string of the molecule is O=C(O)/C(=C(\F)c1ccccc1)C1CCCCC1. The third-order valence-electron chi connectivity index (χ3n) is 3.51. The van der Waals surface area contributed by atoms with Crippen LogP contribution in [-0.4, -0.2) is 11.1 Å². The van der Waals surface area contributed by atoms with E-state index in [-0.39, 0.29) is 11.5 Å². The molecule has 0 heterocycles. The van der Waals surface area contributed by atoms with E-state index in [1.165, 1.54) is 0 Å². The van der Waals surface area contributed by atoms with Crippen molar-refractivity contribution in [3.8, 4) is 0 Å². The molecule has 0 amide bonds. The van der Waals surface area contributed by atoms with Crippen LogP contribution in [0.4, 0.5) is 4.39 Å². The number of aliphatic carboxylic acids is 1. The first-order valence-electron chi connectivity index (χ1n) is 6.38. The lowest BCUT2D eigenvalue weighted by Crippen LogP contribution is -2.17. The molecule has 1 aromatic carbocycles. The molecule has 1 N–H and O–H groups in total. The number of carboxylic acid groups (broad SMARTS) is 1. The standard InChI is InChI=1S/C15H17FO2/c16-14(12-9-5-2-6-10-12)13(15(17)18)11-7-3-1-4-8-11/h2,5-6,9-11H,1,3-4,7-8H2,(H,17,18)/b14-13-. The molecule has 2 nitrogen and oxygen atoms in total. The summed E-state index contributed by atoms with van der Waals surface area (Å²) in [5.41, 5.74) is 0.321. The van der Waals surface area contributed by atoms with E-state index in [1.807, 2.05) is 0 Å². The number of carboxylic acids is 1. The van der Waals surface area contributed by atoms with Gasteiger partial charge in [-0.2, -0.15) is 0 Å². The van der Waals surface area contributed by atoms with Crippen molar-refractivity contribution in [2.24, 2.45) is 5.92 Å². The van der Waals surface area contributed by atoms with Gasteiger partial charge in [-0.3, -0.25) is 0 Å². The zero-order chi connectivity index (χ0) is 13.0. The molecule has 1 fully saturated rings. The Morgan fingerprint density at radius 2 is 1.72 bits per heavy atom. The molecule has 1 aliphatic carbocycles. The molecule has 0 spiro atoms. The van der Waals surface area contributed by atoms with Crippen molar-refractivity contribution in [2.75, 3.05) is 0 Å². The monoisotopic (exact) mass is 248 g/mol. The van der Waals surface area contributed by atoms with Crippen molar-refractivity contribution >= 4 is 11.8 Å². The van der Waals surface area contributed by atoms with E-state index in [0.717, 1.165) is 32.1 Å². The van der Waals surface area contributed by atoms with Crippen LogP contribution in [-0.2, 0) is 4.79 Å². The highest BCUT2D eigenvalue weighted by molar-refractivity contribution is 5.95. The second-order valence-electron chi connectivity index (χ2n) is 4.73. The minimum absolute atomic E-state index is 0.0408. The van der Waals surface area contributed by atoms with Gasteiger partial charge in [0.1, 0.15) is 5.83 Å². The molecule has 0 aliphatic heterocycles. The molecule has 3 heteroatoms. The second kappa shape index (κ2) is 5.80. The van der Waals surface area contributed by atoms with Gasteiger partial charge in [0, 0.05) is 5.56 Å². The van der Waals surface area contributed by atoms with Crippen LogP contribution in [0.5, 0.6) is 0 Å². The van der Waals surface area contributed by atoms with Crippen LogP contribution >= 0.6 is 0 Å². The average molecular weight is 248 g/mol. The van der Waals surface area contributed by atoms with Gasteiger partial charge in [-0.15, -0.1) is 0 Å². The summed E-state index contributed by atoms with van der Waals surface area (Å²) in [5, 5.41) is 9.26. The molecule has 2 rings (SSSR count). The van der Waals surface area contributed by atoms with E-state index < -0.39 is 11.8 Å². The predicted octanol–water partition coefficient (Wildman–Crippen LogP) is 4.03. The van der Waals surface area contributed by atoms with Crippen LogP contribution in [0.2, 0.25) is 0 Å². The summed E-state index contributed by atoms with van der Waals surface area (Å²) in [6, 6.07) is 8.45. The Hall–Kier alpha value is -1.64. The highest BCUT2D eigenvalue weighted by Crippen LogP contribution is 2.34. The van der Waals surface area contributed by atoms with Crippen LogP contribution in [0, 0.1) is 5.92 Å². The average Bonchev–Trinajstić information content (AvgIpc) is 2.40. The number of hydrogen-bond donors (Lipinski definition) is 1. The van der Waals surface area contributed by atoms with Crippen LogP contribution in [0.3, 0.4) is 0 Å². The summed E-state index contributed by atoms with van der Waals surface area (Å²) in [4.78, 5) is 11.3. The number of hydrogen-bond acceptors (Lipinski definition) is 1. The molecule has 96 valence electrons. The van der Waals surface area contributed by atoms with Gasteiger partial charge in [-0.25, -0.2) is 9.18 Å². The Balaban J connectivity index is 2.36. The van der Waals surface area contributed by atoms with E-state index in [2.05, 4.69) is 0 Å². The molecular formula is C15H17FO2. The fraction of sp³-hybridized carbons (Fsp3) is 0.400. The van der Waals surface area contributed by atoms with E-state index >= 15 is 0 Å². The van der Waals surface area contributed by atoms with Gasteiger partial charge >= 0.3 is 5.97 Å². The molecule has 0 unspecified atom stereocenters. The van der Waals surface area contributed by atoms with Crippen molar-refractivity contribution in [1.82, 2.24) is 0 Å². The lowest BCUT2D eigenvalue weighted by Gasteiger charge is -2.22. The summed E-state index contributed by atoms with van der Waals surface area (Å²) in [6.07, 6.45) is 4.66. The van der Waals surface area contributed by atoms with E-state index in [4.69, 9.17) is 0 Å². The van der Waals surface area contributed by atoms with Crippen molar-refractivity contribution in [1.29, 1.82) is 0 Å². The van der Waals surface area contributed by atoms with E-state index in [9.17, 15) is 14.3 Å². The van der Waals surface area contributed by atoms with Crippen molar-refractivity contribution < 1.29 is 14.3 Å². The summed E-state index contributed by atoms with van der Waals surface area (Å²) >= 11 is 0. The molecular weight excluding hydrogens is 231 g/mol. The van der Waals surface area contributed by atoms with Gasteiger partial charge in [0.15, 0.2) is 0 Å². The zero-order valence-corrected chi connectivity index (χ0v) is 10.2. The van der Waals surface area contributed by atoms with Crippen LogP contribution < -0.4 is 0 Å². The molecule has 0 atom stereocenters. The smallest absolute Gasteiger partial charge is 0.334 e. The fourth-order valence-corrected chi connectivity index (χ4v) is 2.58. The zero-order valence-electron chi connectivity index (χ0n) is 10.2. The number of carbonyl (C=O) groups is 1. The quantitative estimate of drug-likeness (QED) is 0.820. The van der Waals surface area contributed by atoms with E-state index in [0.29, 0.717) is 5.56 Å². The normalized spacial score (nSPS) is 18.3. The van der Waals surface area contributed by atoms with Crippen LogP contribution in [0.15, 0.2) is 35.9 Å². The largest absolute Gasteiger partial charge is 0.478 e. The number of rotatable bonds is 3. The Kier molecular flexibility index (Phi) is 4.13. The topological polar surface area (TPSA) is 37.3 Å². The second-order valence-corrected chi connectivity index (χ2v) is 4.73. The predicted molar refractivity (Wildman–Crippen MR) is 68.7 cm³/mol. The highest BCUT2D eigenvalue weighted by Gasteiger charge is 2.27. The Morgan fingerprint density at radius 1 is 1.11 bits per heavy atom. The molecule has 0 aromatic heterocycles. The van der Waals surface area contributed by atoms with E-state index in [1.54, 1.807) is 30.3 Å². The minimum Gasteiger partial charge on any atom is -0.478 e. The Labute approximate surface area is 106 Å². The first kappa shape index (κ1) is 12.8. The first-order valence-corrected chi connectivity index (χ1v) is 6.38. The molecule has 18 heavy (non-hydrogen) atoms. The Morgan fingerprint density at radius 3 is 2.28 bits per heavy atom. The fourth-order valence-electron chi connectivity index (χ4n) is 2.58. The lowest BCUT2D eigenvalue weighted by molar-refractivity contribution is -0.133. The number of halogens is 1. The van der Waals surface area contributed by atoms with Crippen molar-refractivity contribution in [2.45, 2.75) is 32.1 Å². The summed E-state index contributed by atoms with van der Waals surface area (Å²) < 4.78 is 14.3. The molecule has 0 radical (unpaired) electrons. The third kappa shape index (κ3) is 2.78. The van der Waals surface area contributed by atoms with Gasteiger partial charge in [0.2, 0.25) is 0 Å². The first-order chi connectivity index (χ1) is 8.70. The molecule has 1 aliphatic rings. The lowest BCUT2D eigenvalue weighted by atomic mass is 9.82. The minimum atomic E-state index is -1.12. The maximum atomic E-state index is 14.3. The Bertz CT molecular complexity index is 445. The van der Waals surface area contributed by atoms with Gasteiger partial charge in [-0.1, -0.05) is 49.6 Å². The van der Waals surface area contributed by atoms with Crippen molar-refractivity contribution in [3.63, 3.8) is 0 Å². The molecule has 0 bridgehead atoms. The molecule has 1 aromatic rings. The summed E-state index contributed by atoms with van der Waals surface area (Å²) in [6.45, 7) is 0. The maximum Gasteiger partial charge on any atom is 0.334 e. The van der Waals surface area contributed by atoms with Crippen LogP contribution in [0.25, 0.3) is 5.83 Å². The number of benzene rings is 1. The van der Waals surface area contributed by atoms with Crippen LogP contribution in [0.1, 0.15) is 37.7 Å². The van der Waals surface area contributed by atoms with Crippen molar-refractivity contribution in [3.05, 3.63) is 41.5 Å². The van der Waals surface area contributed by atoms with Gasteiger partial charge in [0.25, 0.3) is 0 Å². The maximum absolute atomic E-state index is 14.3. The summed E-state index contributed by atoms with van der Waals surface area (Å²) in [7, 11) is 0. The molecule has 0 saturated heterocycles.